The molecule has 1 heterocycles. The Hall–Kier alpha value is -2.84. The van der Waals surface area contributed by atoms with Gasteiger partial charge in [-0.25, -0.2) is 4.98 Å². The van der Waals surface area contributed by atoms with Gasteiger partial charge in [0.15, 0.2) is 0 Å². The molecule has 3 aromatic carbocycles. The number of rotatable bonds is 3. The topological polar surface area (TPSA) is 28.7 Å². The van der Waals surface area contributed by atoms with Crippen LogP contribution in [0, 0.1) is 13.8 Å². The van der Waals surface area contributed by atoms with Crippen molar-refractivity contribution in [1.29, 1.82) is 0 Å². The fourth-order valence-corrected chi connectivity index (χ4v) is 3.25. The molecule has 2 nitrogen and oxygen atoms in total. The lowest BCUT2D eigenvalue weighted by Crippen LogP contribution is -1.87. The summed E-state index contributed by atoms with van der Waals surface area (Å²) in [5, 5.41) is 0.726. The fraction of sp³-hybridized carbons (Fsp3) is 0.0870. The van der Waals surface area contributed by atoms with E-state index in [1.807, 2.05) is 42.5 Å². The van der Waals surface area contributed by atoms with Gasteiger partial charge in [-0.15, -0.1) is 0 Å². The molecule has 0 fully saturated rings. The van der Waals surface area contributed by atoms with E-state index < -0.39 is 0 Å². The lowest BCUT2D eigenvalue weighted by Gasteiger charge is -2.04. The largest absolute Gasteiger partial charge is 0.337 e. The molecule has 0 radical (unpaired) electrons. The second kappa shape index (κ2) is 6.81. The molecule has 26 heavy (non-hydrogen) atoms. The van der Waals surface area contributed by atoms with Crippen LogP contribution in [0.1, 0.15) is 11.1 Å². The summed E-state index contributed by atoms with van der Waals surface area (Å²) in [6, 6.07) is 24.6. The summed E-state index contributed by atoms with van der Waals surface area (Å²) in [6.45, 7) is 4.21. The lowest BCUT2D eigenvalue weighted by molar-refractivity contribution is 1.27. The molecule has 0 aliphatic heterocycles. The van der Waals surface area contributed by atoms with Crippen molar-refractivity contribution >= 4 is 11.6 Å². The molecule has 0 saturated heterocycles. The Morgan fingerprint density at radius 1 is 0.808 bits per heavy atom. The molecule has 1 N–H and O–H groups in total. The summed E-state index contributed by atoms with van der Waals surface area (Å²) in [4.78, 5) is 8.51. The van der Waals surface area contributed by atoms with Crippen LogP contribution in [0.25, 0.3) is 33.9 Å². The molecule has 3 heteroatoms. The molecule has 0 aliphatic rings. The molecule has 0 bridgehead atoms. The van der Waals surface area contributed by atoms with Gasteiger partial charge in [-0.3, -0.25) is 0 Å². The number of halogens is 1. The fourth-order valence-electron chi connectivity index (χ4n) is 3.12. The quantitative estimate of drug-likeness (QED) is 0.434. The first-order valence-corrected chi connectivity index (χ1v) is 8.98. The van der Waals surface area contributed by atoms with E-state index in [0.29, 0.717) is 0 Å². The normalized spacial score (nSPS) is 10.9. The van der Waals surface area contributed by atoms with E-state index in [4.69, 9.17) is 16.6 Å². The first-order valence-electron chi connectivity index (χ1n) is 8.61. The zero-order valence-electron chi connectivity index (χ0n) is 14.8. The van der Waals surface area contributed by atoms with Gasteiger partial charge in [0.25, 0.3) is 0 Å². The molecule has 1 aromatic heterocycles. The number of nitrogens with one attached hydrogen (secondary N) is 1. The molecule has 128 valence electrons. The number of nitrogens with zero attached hydrogens (tertiary/aromatic N) is 1. The summed E-state index contributed by atoms with van der Waals surface area (Å²) in [7, 11) is 0. The monoisotopic (exact) mass is 358 g/mol. The summed E-state index contributed by atoms with van der Waals surface area (Å²) in [5.41, 5.74) is 7.65. The summed E-state index contributed by atoms with van der Waals surface area (Å²) in [5.74, 6) is 0.884. The van der Waals surface area contributed by atoms with Gasteiger partial charge in [-0.05, 0) is 37.6 Å². The molecule has 0 unspecified atom stereocenters. The molecule has 0 spiro atoms. The molecule has 0 saturated carbocycles. The number of aromatic amines is 1. The average Bonchev–Trinajstić information content (AvgIpc) is 3.10. The van der Waals surface area contributed by atoms with Crippen LogP contribution in [-0.2, 0) is 0 Å². The Balaban J connectivity index is 1.93. The molecule has 0 aliphatic carbocycles. The van der Waals surface area contributed by atoms with Crippen LogP contribution in [0.2, 0.25) is 5.02 Å². The average molecular weight is 359 g/mol. The van der Waals surface area contributed by atoms with Gasteiger partial charge in [0.1, 0.15) is 5.82 Å². The van der Waals surface area contributed by atoms with Crippen LogP contribution in [0.3, 0.4) is 0 Å². The maximum atomic E-state index is 6.07. The maximum absolute atomic E-state index is 6.07. The molecule has 4 rings (SSSR count). The minimum absolute atomic E-state index is 0.726. The van der Waals surface area contributed by atoms with E-state index in [2.05, 4.69) is 49.2 Å². The third kappa shape index (κ3) is 3.16. The minimum Gasteiger partial charge on any atom is -0.337 e. The Bertz CT molecular complexity index is 1050. The smallest absolute Gasteiger partial charge is 0.138 e. The van der Waals surface area contributed by atoms with Crippen molar-refractivity contribution in [3.8, 4) is 33.9 Å². The second-order valence-electron chi connectivity index (χ2n) is 6.50. The molecule has 4 aromatic rings. The first-order chi connectivity index (χ1) is 12.6. The van der Waals surface area contributed by atoms with Gasteiger partial charge < -0.3 is 4.98 Å². The van der Waals surface area contributed by atoms with E-state index in [9.17, 15) is 0 Å². The minimum atomic E-state index is 0.726. The van der Waals surface area contributed by atoms with E-state index in [1.165, 1.54) is 11.1 Å². The number of imidazole rings is 1. The van der Waals surface area contributed by atoms with Gasteiger partial charge >= 0.3 is 0 Å². The summed E-state index contributed by atoms with van der Waals surface area (Å²) < 4.78 is 0. The number of aromatic nitrogens is 2. The van der Waals surface area contributed by atoms with Gasteiger partial charge in [0.2, 0.25) is 0 Å². The highest BCUT2D eigenvalue weighted by Crippen LogP contribution is 2.34. The second-order valence-corrected chi connectivity index (χ2v) is 6.94. The van der Waals surface area contributed by atoms with Crippen molar-refractivity contribution < 1.29 is 0 Å². The van der Waals surface area contributed by atoms with Crippen LogP contribution >= 0.6 is 11.6 Å². The van der Waals surface area contributed by atoms with E-state index >= 15 is 0 Å². The van der Waals surface area contributed by atoms with Crippen molar-refractivity contribution in [3.05, 3.63) is 88.9 Å². The lowest BCUT2D eigenvalue weighted by atomic mass is 10.1. The molecule has 0 atom stereocenters. The number of H-pyrrole nitrogens is 1. The SMILES string of the molecule is Cc1ccc(C)c(-c2nc(-c3ccccc3)c(-c3ccc(Cl)cc3)[nH]2)c1. The zero-order valence-corrected chi connectivity index (χ0v) is 15.5. The Labute approximate surface area is 158 Å². The predicted molar refractivity (Wildman–Crippen MR) is 109 cm³/mol. The van der Waals surface area contributed by atoms with E-state index in [0.717, 1.165) is 38.9 Å². The predicted octanol–water partition coefficient (Wildman–Crippen LogP) is 6.68. The number of benzene rings is 3. The van der Waals surface area contributed by atoms with Gasteiger partial charge in [0.05, 0.1) is 11.4 Å². The Morgan fingerprint density at radius 3 is 2.27 bits per heavy atom. The van der Waals surface area contributed by atoms with Gasteiger partial charge in [0, 0.05) is 21.7 Å². The highest BCUT2D eigenvalue weighted by molar-refractivity contribution is 6.30. The van der Waals surface area contributed by atoms with Crippen molar-refractivity contribution in [2.75, 3.05) is 0 Å². The highest BCUT2D eigenvalue weighted by atomic mass is 35.5. The highest BCUT2D eigenvalue weighted by Gasteiger charge is 2.16. The van der Waals surface area contributed by atoms with Crippen molar-refractivity contribution in [1.82, 2.24) is 9.97 Å². The van der Waals surface area contributed by atoms with Crippen LogP contribution in [0.5, 0.6) is 0 Å². The third-order valence-corrected chi connectivity index (χ3v) is 4.78. The van der Waals surface area contributed by atoms with Crippen LogP contribution < -0.4 is 0 Å². The van der Waals surface area contributed by atoms with Crippen LogP contribution in [0.4, 0.5) is 0 Å². The number of hydrogen-bond acceptors (Lipinski definition) is 1. The summed E-state index contributed by atoms with van der Waals surface area (Å²) >= 11 is 6.07. The van der Waals surface area contributed by atoms with Crippen molar-refractivity contribution in [2.24, 2.45) is 0 Å². The Morgan fingerprint density at radius 2 is 1.54 bits per heavy atom. The van der Waals surface area contributed by atoms with Gasteiger partial charge in [-0.2, -0.15) is 0 Å². The van der Waals surface area contributed by atoms with Crippen molar-refractivity contribution in [2.45, 2.75) is 13.8 Å². The molecule has 0 amide bonds. The summed E-state index contributed by atoms with van der Waals surface area (Å²) in [6.07, 6.45) is 0. The molecular formula is C23H19ClN2. The van der Waals surface area contributed by atoms with Gasteiger partial charge in [-0.1, -0.05) is 71.8 Å². The number of hydrogen-bond donors (Lipinski definition) is 1. The Kier molecular flexibility index (Phi) is 4.36. The van der Waals surface area contributed by atoms with E-state index in [-0.39, 0.29) is 0 Å². The third-order valence-electron chi connectivity index (χ3n) is 4.53. The van der Waals surface area contributed by atoms with E-state index in [1.54, 1.807) is 0 Å². The standard InChI is InChI=1S/C23H19ClN2/c1-15-8-9-16(2)20(14-15)23-25-21(17-6-4-3-5-7-17)22(26-23)18-10-12-19(24)13-11-18/h3-14H,1-2H3,(H,25,26). The zero-order chi connectivity index (χ0) is 18.1. The first kappa shape index (κ1) is 16.6. The van der Waals surface area contributed by atoms with Crippen LogP contribution in [0.15, 0.2) is 72.8 Å². The molecular weight excluding hydrogens is 340 g/mol. The maximum Gasteiger partial charge on any atom is 0.138 e. The van der Waals surface area contributed by atoms with Crippen molar-refractivity contribution in [3.63, 3.8) is 0 Å². The number of aryl methyl sites for hydroxylation is 2. The van der Waals surface area contributed by atoms with Crippen LogP contribution in [-0.4, -0.2) is 9.97 Å².